The molecule has 1 unspecified atom stereocenters. The van der Waals surface area contributed by atoms with Gasteiger partial charge in [0.1, 0.15) is 10.1 Å². The monoisotopic (exact) mass is 161 g/mol. The van der Waals surface area contributed by atoms with E-state index in [-0.39, 0.29) is 36.0 Å². The van der Waals surface area contributed by atoms with E-state index >= 15 is 0 Å². The molecule has 0 aliphatic carbocycles. The fraction of sp³-hybridized carbons (Fsp3) is 1.00. The molecule has 0 saturated carbocycles. The summed E-state index contributed by atoms with van der Waals surface area (Å²) in [7, 11) is -4.23. The van der Waals surface area contributed by atoms with Crippen LogP contribution in [0, 0.1) is 0 Å². The number of nitrogens with two attached hydrogens (primary N) is 1. The minimum atomic E-state index is -4.23. The van der Waals surface area contributed by atoms with Crippen LogP contribution in [-0.4, -0.2) is 18.3 Å². The Morgan fingerprint density at radius 3 is 2.00 bits per heavy atom. The van der Waals surface area contributed by atoms with Gasteiger partial charge in [-0.25, -0.2) is 8.42 Å². The average molecular weight is 161 g/mol. The summed E-state index contributed by atoms with van der Waals surface area (Å²) in [6.45, 7) is 1.54. The van der Waals surface area contributed by atoms with Crippen molar-refractivity contribution in [1.82, 2.24) is 0 Å². The molecule has 0 aromatic rings. The third kappa shape index (κ3) is 5.32. The molecular formula is C3H8NNaO3S. The van der Waals surface area contributed by atoms with E-state index in [9.17, 15) is 13.0 Å². The van der Waals surface area contributed by atoms with E-state index in [0.29, 0.717) is 0 Å². The first-order valence-corrected chi connectivity index (χ1v) is 3.66. The fourth-order valence-electron chi connectivity index (χ4n) is 0.204. The van der Waals surface area contributed by atoms with Crippen LogP contribution < -0.4 is 35.3 Å². The molecule has 0 bridgehead atoms. The van der Waals surface area contributed by atoms with Gasteiger partial charge in [-0.1, -0.05) is 6.92 Å². The summed E-state index contributed by atoms with van der Waals surface area (Å²) in [5.41, 5.74) is 4.85. The van der Waals surface area contributed by atoms with E-state index < -0.39 is 15.5 Å². The molecule has 0 spiro atoms. The summed E-state index contributed by atoms with van der Waals surface area (Å²) in [6, 6.07) is 0. The largest absolute Gasteiger partial charge is 1.00 e. The Hall–Kier alpha value is 0.870. The van der Waals surface area contributed by atoms with Gasteiger partial charge in [-0.15, -0.1) is 0 Å². The second kappa shape index (κ2) is 4.65. The molecule has 0 heterocycles. The molecule has 0 aliphatic heterocycles. The summed E-state index contributed by atoms with van der Waals surface area (Å²) in [4.78, 5) is 0. The van der Waals surface area contributed by atoms with Crippen molar-refractivity contribution in [2.75, 3.05) is 0 Å². The van der Waals surface area contributed by atoms with Gasteiger partial charge >= 0.3 is 29.6 Å². The number of rotatable bonds is 2. The summed E-state index contributed by atoms with van der Waals surface area (Å²) in [6.07, 6.45) is 0.172. The molecule has 1 atom stereocenters. The van der Waals surface area contributed by atoms with Crippen LogP contribution in [0.25, 0.3) is 0 Å². The van der Waals surface area contributed by atoms with Crippen molar-refractivity contribution < 1.29 is 42.5 Å². The van der Waals surface area contributed by atoms with Crippen LogP contribution >= 0.6 is 0 Å². The van der Waals surface area contributed by atoms with Crippen LogP contribution in [0.5, 0.6) is 0 Å². The zero-order valence-electron chi connectivity index (χ0n) is 5.49. The van der Waals surface area contributed by atoms with Crippen molar-refractivity contribution in [2.45, 2.75) is 18.7 Å². The Labute approximate surface area is 76.9 Å². The van der Waals surface area contributed by atoms with Crippen molar-refractivity contribution in [1.29, 1.82) is 0 Å². The summed E-state index contributed by atoms with van der Waals surface area (Å²) in [5.74, 6) is 0. The molecule has 0 aromatic heterocycles. The number of hydrogen-bond acceptors (Lipinski definition) is 4. The van der Waals surface area contributed by atoms with E-state index in [1.165, 1.54) is 0 Å². The molecule has 4 nitrogen and oxygen atoms in total. The second-order valence-corrected chi connectivity index (χ2v) is 3.03. The third-order valence-corrected chi connectivity index (χ3v) is 1.85. The van der Waals surface area contributed by atoms with Crippen LogP contribution in [0.4, 0.5) is 0 Å². The van der Waals surface area contributed by atoms with Gasteiger partial charge in [0, 0.05) is 0 Å². The minimum Gasteiger partial charge on any atom is -0.747 e. The molecule has 0 radical (unpaired) electrons. The van der Waals surface area contributed by atoms with E-state index in [2.05, 4.69) is 0 Å². The number of hydrogen-bond donors (Lipinski definition) is 1. The fourth-order valence-corrected chi connectivity index (χ4v) is 0.612. The van der Waals surface area contributed by atoms with Gasteiger partial charge in [-0.05, 0) is 6.42 Å². The Balaban J connectivity index is 0. The second-order valence-electron chi connectivity index (χ2n) is 1.44. The normalized spacial score (nSPS) is 14.1. The zero-order valence-corrected chi connectivity index (χ0v) is 8.31. The van der Waals surface area contributed by atoms with E-state index in [1.54, 1.807) is 6.92 Å². The molecule has 0 aliphatic rings. The maximum absolute atomic E-state index is 9.88. The first-order chi connectivity index (χ1) is 3.48. The van der Waals surface area contributed by atoms with Crippen LogP contribution in [0.3, 0.4) is 0 Å². The molecule has 0 fully saturated rings. The third-order valence-electron chi connectivity index (χ3n) is 0.773. The molecular weight excluding hydrogens is 153 g/mol. The Morgan fingerprint density at radius 2 is 2.00 bits per heavy atom. The molecule has 0 rings (SSSR count). The SMILES string of the molecule is CCC(N)S(=O)(=O)[O-].[Na+]. The van der Waals surface area contributed by atoms with Crippen molar-refractivity contribution in [3.63, 3.8) is 0 Å². The quantitative estimate of drug-likeness (QED) is 0.333. The molecule has 0 saturated heterocycles. The van der Waals surface area contributed by atoms with Gasteiger partial charge in [0.05, 0.1) is 5.37 Å². The van der Waals surface area contributed by atoms with Crippen molar-refractivity contribution >= 4 is 10.1 Å². The summed E-state index contributed by atoms with van der Waals surface area (Å²) < 4.78 is 29.6. The van der Waals surface area contributed by atoms with Crippen LogP contribution in [0.1, 0.15) is 13.3 Å². The van der Waals surface area contributed by atoms with E-state index in [1.807, 2.05) is 0 Å². The molecule has 0 aromatic carbocycles. The smallest absolute Gasteiger partial charge is 0.747 e. The molecule has 9 heavy (non-hydrogen) atoms. The predicted molar refractivity (Wildman–Crippen MR) is 28.0 cm³/mol. The van der Waals surface area contributed by atoms with E-state index in [0.717, 1.165) is 0 Å². The Morgan fingerprint density at radius 1 is 1.67 bits per heavy atom. The maximum Gasteiger partial charge on any atom is 1.00 e. The maximum atomic E-state index is 9.88. The minimum absolute atomic E-state index is 0. The predicted octanol–water partition coefficient (Wildman–Crippen LogP) is -3.77. The van der Waals surface area contributed by atoms with Gasteiger partial charge in [-0.2, -0.15) is 0 Å². The zero-order chi connectivity index (χ0) is 6.78. The topological polar surface area (TPSA) is 83.2 Å². The van der Waals surface area contributed by atoms with Crippen LogP contribution in [0.15, 0.2) is 0 Å². The molecule has 6 heteroatoms. The molecule has 50 valence electrons. The van der Waals surface area contributed by atoms with Gasteiger partial charge in [0.15, 0.2) is 0 Å². The van der Waals surface area contributed by atoms with Gasteiger partial charge in [0.2, 0.25) is 0 Å². The van der Waals surface area contributed by atoms with Crippen LogP contribution in [0.2, 0.25) is 0 Å². The standard InChI is InChI=1S/C3H9NO3S.Na/c1-2-3(4)8(5,6)7;/h3H,2,4H2,1H3,(H,5,6,7);/q;+1/p-1. The summed E-state index contributed by atoms with van der Waals surface area (Å²) in [5, 5.41) is -1.23. The average Bonchev–Trinajstić information content (AvgIpc) is 1.62. The molecule has 0 amide bonds. The Kier molecular flexibility index (Phi) is 6.48. The summed E-state index contributed by atoms with van der Waals surface area (Å²) >= 11 is 0. The first-order valence-electron chi connectivity index (χ1n) is 2.18. The Bertz CT molecular complexity index is 154. The first kappa shape index (κ1) is 12.5. The van der Waals surface area contributed by atoms with Crippen molar-refractivity contribution in [3.8, 4) is 0 Å². The van der Waals surface area contributed by atoms with Crippen molar-refractivity contribution in [2.24, 2.45) is 5.73 Å². The van der Waals surface area contributed by atoms with Crippen molar-refractivity contribution in [3.05, 3.63) is 0 Å². The molecule has 2 N–H and O–H groups in total. The van der Waals surface area contributed by atoms with Gasteiger partial charge in [0.25, 0.3) is 0 Å². The van der Waals surface area contributed by atoms with Crippen LogP contribution in [-0.2, 0) is 10.1 Å². The van der Waals surface area contributed by atoms with E-state index in [4.69, 9.17) is 5.73 Å². The van der Waals surface area contributed by atoms with Gasteiger partial charge in [-0.3, -0.25) is 0 Å². The van der Waals surface area contributed by atoms with Gasteiger partial charge < -0.3 is 10.3 Å².